The Bertz CT molecular complexity index is 863. The average molecular weight is 319 g/mol. The molecule has 0 spiro atoms. The number of nitrogens with one attached hydrogen (secondary N) is 1. The zero-order valence-corrected chi connectivity index (χ0v) is 13.7. The molecule has 4 rings (SSSR count). The zero-order valence-electron chi connectivity index (χ0n) is 13.7. The number of aromatic amines is 1. The summed E-state index contributed by atoms with van der Waals surface area (Å²) in [4.78, 5) is 7.51. The molecule has 24 heavy (non-hydrogen) atoms. The fraction of sp³-hybridized carbons (Fsp3) is 0.421. The Morgan fingerprint density at radius 3 is 3.04 bits per heavy atom. The second-order valence-electron chi connectivity index (χ2n) is 6.62. The molecule has 0 aromatic carbocycles. The van der Waals surface area contributed by atoms with Crippen molar-refractivity contribution in [1.29, 1.82) is 5.26 Å². The van der Waals surface area contributed by atoms with Gasteiger partial charge in [-0.1, -0.05) is 12.8 Å². The fourth-order valence-electron chi connectivity index (χ4n) is 4.01. The minimum absolute atomic E-state index is 0.337. The lowest BCUT2D eigenvalue weighted by molar-refractivity contribution is 0.295. The summed E-state index contributed by atoms with van der Waals surface area (Å²) in [6, 6.07) is 6.73. The molecular formula is C19H21N5. The van der Waals surface area contributed by atoms with Crippen LogP contribution in [0.4, 0.5) is 0 Å². The molecule has 0 aliphatic heterocycles. The summed E-state index contributed by atoms with van der Waals surface area (Å²) in [5, 5.41) is 14.8. The molecule has 122 valence electrons. The summed E-state index contributed by atoms with van der Waals surface area (Å²) in [6.45, 7) is 0. The maximum absolute atomic E-state index is 8.99. The van der Waals surface area contributed by atoms with E-state index in [1.165, 1.54) is 25.7 Å². The Balaban J connectivity index is 1.67. The van der Waals surface area contributed by atoms with E-state index >= 15 is 0 Å². The van der Waals surface area contributed by atoms with Crippen LogP contribution < -0.4 is 0 Å². The number of H-pyrrole nitrogens is 1. The number of nitriles is 1. The molecule has 1 aliphatic carbocycles. The van der Waals surface area contributed by atoms with Gasteiger partial charge in [0.05, 0.1) is 18.3 Å². The standard InChI is InChI=1S/C19H21N5/c20-9-3-6-18(14-4-1-2-5-14)24-13-15(12-23-24)16-7-10-21-19-17(16)8-11-22-19/h7-8,10-14,18H,1-6H2,(H,21,22). The zero-order chi connectivity index (χ0) is 16.4. The van der Waals surface area contributed by atoms with Gasteiger partial charge in [-0.15, -0.1) is 0 Å². The van der Waals surface area contributed by atoms with E-state index in [9.17, 15) is 0 Å². The quantitative estimate of drug-likeness (QED) is 0.754. The van der Waals surface area contributed by atoms with Gasteiger partial charge in [0, 0.05) is 36.0 Å². The number of hydrogen-bond donors (Lipinski definition) is 1. The second kappa shape index (κ2) is 6.48. The van der Waals surface area contributed by atoms with Crippen LogP contribution in [0, 0.1) is 17.2 Å². The smallest absolute Gasteiger partial charge is 0.137 e. The van der Waals surface area contributed by atoms with Crippen LogP contribution in [0.1, 0.15) is 44.6 Å². The van der Waals surface area contributed by atoms with Crippen LogP contribution in [0.25, 0.3) is 22.2 Å². The molecule has 1 unspecified atom stereocenters. The van der Waals surface area contributed by atoms with E-state index in [-0.39, 0.29) is 0 Å². The summed E-state index contributed by atoms with van der Waals surface area (Å²) >= 11 is 0. The van der Waals surface area contributed by atoms with Crippen molar-refractivity contribution in [3.8, 4) is 17.2 Å². The Hall–Kier alpha value is -2.61. The Kier molecular flexibility index (Phi) is 4.04. The van der Waals surface area contributed by atoms with Crippen LogP contribution in [0.15, 0.2) is 36.9 Å². The van der Waals surface area contributed by atoms with Gasteiger partial charge in [0.25, 0.3) is 0 Å². The average Bonchev–Trinajstić information content (AvgIpc) is 3.36. The predicted molar refractivity (Wildman–Crippen MR) is 93.2 cm³/mol. The third kappa shape index (κ3) is 2.69. The van der Waals surface area contributed by atoms with E-state index in [1.54, 1.807) is 0 Å². The molecule has 3 aromatic rings. The number of pyridine rings is 1. The topological polar surface area (TPSA) is 70.3 Å². The largest absolute Gasteiger partial charge is 0.346 e. The van der Waals surface area contributed by atoms with Crippen molar-refractivity contribution in [3.05, 3.63) is 36.9 Å². The molecule has 3 heterocycles. The van der Waals surface area contributed by atoms with Gasteiger partial charge in [-0.3, -0.25) is 4.68 Å². The molecule has 0 amide bonds. The fourth-order valence-corrected chi connectivity index (χ4v) is 4.01. The molecular weight excluding hydrogens is 298 g/mol. The lowest BCUT2D eigenvalue weighted by Crippen LogP contribution is -2.17. The van der Waals surface area contributed by atoms with E-state index in [4.69, 9.17) is 5.26 Å². The molecule has 1 aliphatic rings. The first-order chi connectivity index (χ1) is 11.9. The first-order valence-electron chi connectivity index (χ1n) is 8.70. The lowest BCUT2D eigenvalue weighted by atomic mass is 9.94. The third-order valence-corrected chi connectivity index (χ3v) is 5.21. The number of hydrogen-bond acceptors (Lipinski definition) is 3. The van der Waals surface area contributed by atoms with Crippen molar-refractivity contribution < 1.29 is 0 Å². The summed E-state index contributed by atoms with van der Waals surface area (Å²) in [6.07, 6.45) is 14.4. The van der Waals surface area contributed by atoms with E-state index in [1.807, 2.05) is 24.7 Å². The van der Waals surface area contributed by atoms with Crippen LogP contribution in [-0.2, 0) is 0 Å². The Morgan fingerprint density at radius 1 is 1.33 bits per heavy atom. The van der Waals surface area contributed by atoms with Crippen LogP contribution in [-0.4, -0.2) is 19.7 Å². The van der Waals surface area contributed by atoms with Crippen LogP contribution >= 0.6 is 0 Å². The predicted octanol–water partition coefficient (Wildman–Crippen LogP) is 4.46. The van der Waals surface area contributed by atoms with Crippen molar-refractivity contribution in [2.24, 2.45) is 5.92 Å². The van der Waals surface area contributed by atoms with E-state index in [0.29, 0.717) is 18.4 Å². The van der Waals surface area contributed by atoms with Gasteiger partial charge < -0.3 is 4.98 Å². The third-order valence-electron chi connectivity index (χ3n) is 5.21. The van der Waals surface area contributed by atoms with Gasteiger partial charge >= 0.3 is 0 Å². The van der Waals surface area contributed by atoms with Crippen LogP contribution in [0.2, 0.25) is 0 Å². The SMILES string of the molecule is N#CCCC(C1CCCC1)n1cc(-c2ccnc3[nH]ccc23)cn1. The van der Waals surface area contributed by atoms with Crippen LogP contribution in [0.5, 0.6) is 0 Å². The summed E-state index contributed by atoms with van der Waals surface area (Å²) in [5.74, 6) is 0.649. The number of fused-ring (bicyclic) bond motifs is 1. The highest BCUT2D eigenvalue weighted by molar-refractivity contribution is 5.92. The molecule has 1 atom stereocenters. The van der Waals surface area contributed by atoms with Crippen molar-refractivity contribution in [2.75, 3.05) is 0 Å². The molecule has 3 aromatic heterocycles. The van der Waals surface area contributed by atoms with Gasteiger partial charge in [-0.25, -0.2) is 4.98 Å². The van der Waals surface area contributed by atoms with Gasteiger partial charge in [0.2, 0.25) is 0 Å². The second-order valence-corrected chi connectivity index (χ2v) is 6.62. The molecule has 0 radical (unpaired) electrons. The monoisotopic (exact) mass is 319 g/mol. The van der Waals surface area contributed by atoms with Gasteiger partial charge in [0.15, 0.2) is 0 Å². The molecule has 1 N–H and O–H groups in total. The summed E-state index contributed by atoms with van der Waals surface area (Å²) in [5.41, 5.74) is 3.16. The van der Waals surface area contributed by atoms with E-state index in [2.05, 4.69) is 38.1 Å². The minimum atomic E-state index is 0.337. The first-order valence-corrected chi connectivity index (χ1v) is 8.70. The van der Waals surface area contributed by atoms with Crippen molar-refractivity contribution in [2.45, 2.75) is 44.6 Å². The molecule has 0 bridgehead atoms. The summed E-state index contributed by atoms with van der Waals surface area (Å²) in [7, 11) is 0. The highest BCUT2D eigenvalue weighted by Gasteiger charge is 2.27. The lowest BCUT2D eigenvalue weighted by Gasteiger charge is -2.23. The van der Waals surface area contributed by atoms with Crippen molar-refractivity contribution in [1.82, 2.24) is 19.7 Å². The maximum Gasteiger partial charge on any atom is 0.137 e. The molecule has 5 nitrogen and oxygen atoms in total. The highest BCUT2D eigenvalue weighted by atomic mass is 15.3. The number of rotatable bonds is 5. The molecule has 1 saturated carbocycles. The molecule has 1 fully saturated rings. The Labute approximate surface area is 141 Å². The van der Waals surface area contributed by atoms with Crippen LogP contribution in [0.3, 0.4) is 0 Å². The van der Waals surface area contributed by atoms with E-state index < -0.39 is 0 Å². The van der Waals surface area contributed by atoms with Crippen molar-refractivity contribution >= 4 is 11.0 Å². The molecule has 5 heteroatoms. The highest BCUT2D eigenvalue weighted by Crippen LogP contribution is 2.37. The van der Waals surface area contributed by atoms with E-state index in [0.717, 1.165) is 28.6 Å². The van der Waals surface area contributed by atoms with Gasteiger partial charge in [0.1, 0.15) is 5.65 Å². The Morgan fingerprint density at radius 2 is 2.21 bits per heavy atom. The maximum atomic E-state index is 8.99. The first kappa shape index (κ1) is 14.9. The van der Waals surface area contributed by atoms with Gasteiger partial charge in [-0.05, 0) is 42.9 Å². The normalized spacial score (nSPS) is 16.5. The number of aromatic nitrogens is 4. The van der Waals surface area contributed by atoms with Crippen molar-refractivity contribution in [3.63, 3.8) is 0 Å². The number of nitrogens with zero attached hydrogens (tertiary/aromatic N) is 4. The minimum Gasteiger partial charge on any atom is -0.346 e. The molecule has 0 saturated heterocycles. The van der Waals surface area contributed by atoms with Gasteiger partial charge in [-0.2, -0.15) is 10.4 Å². The summed E-state index contributed by atoms with van der Waals surface area (Å²) < 4.78 is 2.10.